The maximum atomic E-state index is 5.48. The molecule has 0 radical (unpaired) electrons. The lowest BCUT2D eigenvalue weighted by molar-refractivity contribution is 0.0572. The molecule has 2 unspecified atom stereocenters. The minimum Gasteiger partial charge on any atom is -0.381 e. The van der Waals surface area contributed by atoms with Crippen molar-refractivity contribution in [2.24, 2.45) is 0 Å². The van der Waals surface area contributed by atoms with Crippen LogP contribution in [0, 0.1) is 0 Å². The minimum atomic E-state index is 0.392. The summed E-state index contributed by atoms with van der Waals surface area (Å²) in [5, 5.41) is 3.73. The standard InChI is InChI=1S/C15H22BrNO/c1-11(12-5-3-6-13(16)9-12)17-14-7-4-8-15(10-14)18-2/h3,5-6,9,11,14-15,17H,4,7-8,10H2,1-2H3/t11-,14?,15?/m0/s1. The summed E-state index contributed by atoms with van der Waals surface area (Å²) >= 11 is 3.53. The van der Waals surface area contributed by atoms with E-state index in [-0.39, 0.29) is 0 Å². The monoisotopic (exact) mass is 311 g/mol. The Morgan fingerprint density at radius 1 is 1.39 bits per heavy atom. The van der Waals surface area contributed by atoms with Crippen molar-refractivity contribution >= 4 is 15.9 Å². The summed E-state index contributed by atoms with van der Waals surface area (Å²) in [4.78, 5) is 0. The minimum absolute atomic E-state index is 0.392. The summed E-state index contributed by atoms with van der Waals surface area (Å²) in [7, 11) is 1.82. The van der Waals surface area contributed by atoms with E-state index < -0.39 is 0 Å². The summed E-state index contributed by atoms with van der Waals surface area (Å²) in [6, 6.07) is 9.50. The third kappa shape index (κ3) is 3.81. The molecule has 0 amide bonds. The molecule has 0 bridgehead atoms. The topological polar surface area (TPSA) is 21.3 Å². The van der Waals surface area contributed by atoms with Gasteiger partial charge in [0.15, 0.2) is 0 Å². The van der Waals surface area contributed by atoms with E-state index in [4.69, 9.17) is 4.74 Å². The van der Waals surface area contributed by atoms with E-state index in [0.717, 1.165) is 10.9 Å². The number of rotatable bonds is 4. The normalized spacial score (nSPS) is 25.9. The molecule has 1 aromatic rings. The number of benzene rings is 1. The van der Waals surface area contributed by atoms with Gasteiger partial charge in [-0.1, -0.05) is 28.1 Å². The lowest BCUT2D eigenvalue weighted by atomic mass is 9.92. The molecule has 18 heavy (non-hydrogen) atoms. The van der Waals surface area contributed by atoms with Crippen molar-refractivity contribution < 1.29 is 4.74 Å². The third-order valence-electron chi connectivity index (χ3n) is 3.79. The maximum absolute atomic E-state index is 5.48. The molecule has 2 rings (SSSR count). The van der Waals surface area contributed by atoms with Gasteiger partial charge in [-0.25, -0.2) is 0 Å². The Morgan fingerprint density at radius 3 is 2.94 bits per heavy atom. The molecule has 1 saturated carbocycles. The Morgan fingerprint density at radius 2 is 2.22 bits per heavy atom. The van der Waals surface area contributed by atoms with Gasteiger partial charge >= 0.3 is 0 Å². The number of ether oxygens (including phenoxy) is 1. The fraction of sp³-hybridized carbons (Fsp3) is 0.600. The third-order valence-corrected chi connectivity index (χ3v) is 4.29. The highest BCUT2D eigenvalue weighted by Gasteiger charge is 2.22. The Hall–Kier alpha value is -0.380. The second-order valence-corrected chi connectivity index (χ2v) is 6.08. The van der Waals surface area contributed by atoms with Gasteiger partial charge in [-0.3, -0.25) is 0 Å². The summed E-state index contributed by atoms with van der Waals surface area (Å²) in [6.07, 6.45) is 5.31. The first-order valence-corrected chi connectivity index (χ1v) is 7.52. The van der Waals surface area contributed by atoms with E-state index in [2.05, 4.69) is 52.4 Å². The van der Waals surface area contributed by atoms with Gasteiger partial charge < -0.3 is 10.1 Å². The molecule has 0 aromatic heterocycles. The molecule has 0 heterocycles. The molecule has 100 valence electrons. The van der Waals surface area contributed by atoms with Crippen LogP contribution in [-0.2, 0) is 4.74 Å². The zero-order chi connectivity index (χ0) is 13.0. The molecule has 3 heteroatoms. The predicted molar refractivity (Wildman–Crippen MR) is 78.7 cm³/mol. The first-order chi connectivity index (χ1) is 8.69. The summed E-state index contributed by atoms with van der Waals surface area (Å²) in [6.45, 7) is 2.23. The quantitative estimate of drug-likeness (QED) is 0.905. The van der Waals surface area contributed by atoms with E-state index in [1.807, 2.05) is 7.11 Å². The largest absolute Gasteiger partial charge is 0.381 e. The molecular formula is C15H22BrNO. The van der Waals surface area contributed by atoms with Crippen molar-refractivity contribution in [2.45, 2.75) is 50.8 Å². The van der Waals surface area contributed by atoms with Gasteiger partial charge in [0, 0.05) is 23.7 Å². The zero-order valence-electron chi connectivity index (χ0n) is 11.2. The van der Waals surface area contributed by atoms with Crippen molar-refractivity contribution in [3.63, 3.8) is 0 Å². The van der Waals surface area contributed by atoms with Crippen LogP contribution in [0.4, 0.5) is 0 Å². The van der Waals surface area contributed by atoms with Crippen LogP contribution < -0.4 is 5.32 Å². The second-order valence-electron chi connectivity index (χ2n) is 5.16. The van der Waals surface area contributed by atoms with E-state index in [0.29, 0.717) is 18.2 Å². The molecular weight excluding hydrogens is 290 g/mol. The van der Waals surface area contributed by atoms with Crippen LogP contribution >= 0.6 is 15.9 Å². The lowest BCUT2D eigenvalue weighted by Gasteiger charge is -2.31. The van der Waals surface area contributed by atoms with Crippen LogP contribution in [0.5, 0.6) is 0 Å². The highest BCUT2D eigenvalue weighted by Crippen LogP contribution is 2.24. The fourth-order valence-electron chi connectivity index (χ4n) is 2.74. The van der Waals surface area contributed by atoms with E-state index >= 15 is 0 Å². The summed E-state index contributed by atoms with van der Waals surface area (Å²) < 4.78 is 6.63. The van der Waals surface area contributed by atoms with Gasteiger partial charge in [-0.2, -0.15) is 0 Å². The average Bonchev–Trinajstić information content (AvgIpc) is 2.39. The van der Waals surface area contributed by atoms with Crippen molar-refractivity contribution in [2.75, 3.05) is 7.11 Å². The molecule has 3 atom stereocenters. The van der Waals surface area contributed by atoms with Gasteiger partial charge in [0.1, 0.15) is 0 Å². The van der Waals surface area contributed by atoms with E-state index in [1.165, 1.54) is 24.8 Å². The molecule has 0 aliphatic heterocycles. The van der Waals surface area contributed by atoms with Crippen molar-refractivity contribution in [3.8, 4) is 0 Å². The van der Waals surface area contributed by atoms with Crippen LogP contribution in [0.1, 0.15) is 44.2 Å². The van der Waals surface area contributed by atoms with Crippen LogP contribution in [0.3, 0.4) is 0 Å². The van der Waals surface area contributed by atoms with Crippen molar-refractivity contribution in [3.05, 3.63) is 34.3 Å². The Kier molecular flexibility index (Phi) is 5.22. The number of methoxy groups -OCH3 is 1. The van der Waals surface area contributed by atoms with Crippen LogP contribution in [0.25, 0.3) is 0 Å². The second kappa shape index (κ2) is 6.69. The lowest BCUT2D eigenvalue weighted by Crippen LogP contribution is -2.38. The Bertz CT molecular complexity index is 383. The first kappa shape index (κ1) is 14.0. The van der Waals surface area contributed by atoms with Crippen LogP contribution in [0.2, 0.25) is 0 Å². The van der Waals surface area contributed by atoms with E-state index in [1.54, 1.807) is 0 Å². The Balaban J connectivity index is 1.92. The Labute approximate surface area is 118 Å². The highest BCUT2D eigenvalue weighted by atomic mass is 79.9. The van der Waals surface area contributed by atoms with Gasteiger partial charge in [0.2, 0.25) is 0 Å². The van der Waals surface area contributed by atoms with Gasteiger partial charge in [0.25, 0.3) is 0 Å². The number of hydrogen-bond acceptors (Lipinski definition) is 2. The number of nitrogens with one attached hydrogen (secondary N) is 1. The SMILES string of the molecule is COC1CCCC(N[C@@H](C)c2cccc(Br)c2)C1. The smallest absolute Gasteiger partial charge is 0.0586 e. The van der Waals surface area contributed by atoms with Crippen LogP contribution in [-0.4, -0.2) is 19.3 Å². The number of hydrogen-bond donors (Lipinski definition) is 1. The van der Waals surface area contributed by atoms with Crippen molar-refractivity contribution in [1.29, 1.82) is 0 Å². The van der Waals surface area contributed by atoms with Gasteiger partial charge in [-0.15, -0.1) is 0 Å². The predicted octanol–water partition coefficient (Wildman–Crippen LogP) is 4.06. The molecule has 0 saturated heterocycles. The summed E-state index contributed by atoms with van der Waals surface area (Å²) in [5.41, 5.74) is 1.34. The molecule has 1 aliphatic rings. The molecule has 0 spiro atoms. The fourth-order valence-corrected chi connectivity index (χ4v) is 3.15. The van der Waals surface area contributed by atoms with Gasteiger partial charge in [0.05, 0.1) is 6.10 Å². The van der Waals surface area contributed by atoms with E-state index in [9.17, 15) is 0 Å². The molecule has 1 fully saturated rings. The molecule has 1 aliphatic carbocycles. The highest BCUT2D eigenvalue weighted by molar-refractivity contribution is 9.10. The maximum Gasteiger partial charge on any atom is 0.0586 e. The average molecular weight is 312 g/mol. The van der Waals surface area contributed by atoms with Crippen molar-refractivity contribution in [1.82, 2.24) is 5.32 Å². The van der Waals surface area contributed by atoms with Gasteiger partial charge in [-0.05, 0) is 50.3 Å². The molecule has 2 nitrogen and oxygen atoms in total. The van der Waals surface area contributed by atoms with Crippen LogP contribution in [0.15, 0.2) is 28.7 Å². The first-order valence-electron chi connectivity index (χ1n) is 6.73. The molecule has 1 aromatic carbocycles. The number of halogens is 1. The summed E-state index contributed by atoms with van der Waals surface area (Å²) in [5.74, 6) is 0. The zero-order valence-corrected chi connectivity index (χ0v) is 12.7. The molecule has 1 N–H and O–H groups in total.